The van der Waals surface area contributed by atoms with Crippen molar-refractivity contribution in [1.82, 2.24) is 0 Å². The summed E-state index contributed by atoms with van der Waals surface area (Å²) in [6, 6.07) is 13.7. The van der Waals surface area contributed by atoms with Crippen molar-refractivity contribution in [2.75, 3.05) is 0 Å². The lowest BCUT2D eigenvalue weighted by molar-refractivity contribution is -0.106. The fourth-order valence-electron chi connectivity index (χ4n) is 1.48. The minimum absolute atomic E-state index is 0.246. The second-order valence-corrected chi connectivity index (χ2v) is 3.18. The third-order valence-corrected chi connectivity index (χ3v) is 2.24. The fourth-order valence-corrected chi connectivity index (χ4v) is 1.48. The molecule has 0 saturated heterocycles. The SMILES string of the molecule is NC(=NC=O)c1ccc2ccccc2c1. The zero-order valence-electron chi connectivity index (χ0n) is 8.05. The van der Waals surface area contributed by atoms with E-state index in [0.717, 1.165) is 16.3 Å². The Morgan fingerprint density at radius 1 is 1.13 bits per heavy atom. The molecule has 0 aliphatic carbocycles. The third kappa shape index (κ3) is 1.86. The second-order valence-electron chi connectivity index (χ2n) is 3.18. The second kappa shape index (κ2) is 3.92. The van der Waals surface area contributed by atoms with E-state index in [0.29, 0.717) is 6.41 Å². The highest BCUT2D eigenvalue weighted by molar-refractivity contribution is 6.03. The van der Waals surface area contributed by atoms with Crippen LogP contribution in [0.15, 0.2) is 47.5 Å². The van der Waals surface area contributed by atoms with Gasteiger partial charge in [0.1, 0.15) is 5.84 Å². The Labute approximate surface area is 87.2 Å². The predicted octanol–water partition coefficient (Wildman–Crippen LogP) is 1.70. The molecule has 15 heavy (non-hydrogen) atoms. The van der Waals surface area contributed by atoms with Crippen molar-refractivity contribution in [2.24, 2.45) is 10.7 Å². The van der Waals surface area contributed by atoms with Crippen molar-refractivity contribution >= 4 is 23.0 Å². The van der Waals surface area contributed by atoms with Crippen LogP contribution in [-0.2, 0) is 4.79 Å². The highest BCUT2D eigenvalue weighted by Gasteiger charge is 1.99. The van der Waals surface area contributed by atoms with Crippen LogP contribution in [0.2, 0.25) is 0 Å². The van der Waals surface area contributed by atoms with Crippen LogP contribution < -0.4 is 5.73 Å². The van der Waals surface area contributed by atoms with Crippen LogP contribution in [0.3, 0.4) is 0 Å². The highest BCUT2D eigenvalue weighted by atomic mass is 16.1. The molecule has 0 atom stereocenters. The number of amidine groups is 1. The van der Waals surface area contributed by atoms with Gasteiger partial charge in [0.25, 0.3) is 0 Å². The smallest absolute Gasteiger partial charge is 0.234 e. The van der Waals surface area contributed by atoms with E-state index in [1.165, 1.54) is 0 Å². The number of aliphatic imine (C=N–C) groups is 1. The number of rotatable bonds is 2. The Morgan fingerprint density at radius 3 is 2.60 bits per heavy atom. The summed E-state index contributed by atoms with van der Waals surface area (Å²) >= 11 is 0. The molecule has 0 unspecified atom stereocenters. The number of hydrogen-bond donors (Lipinski definition) is 1. The monoisotopic (exact) mass is 198 g/mol. The minimum Gasteiger partial charge on any atom is -0.383 e. The molecule has 2 rings (SSSR count). The standard InChI is InChI=1S/C12H10N2O/c13-12(14-8-15)11-6-5-9-3-1-2-4-10(9)7-11/h1-8H,(H2,13,14,15). The van der Waals surface area contributed by atoms with Gasteiger partial charge in [-0.3, -0.25) is 4.79 Å². The van der Waals surface area contributed by atoms with Crippen LogP contribution in [0.5, 0.6) is 0 Å². The summed E-state index contributed by atoms with van der Waals surface area (Å²) in [5, 5.41) is 2.22. The molecular weight excluding hydrogens is 188 g/mol. The van der Waals surface area contributed by atoms with Gasteiger partial charge in [0, 0.05) is 5.56 Å². The molecule has 0 fully saturated rings. The largest absolute Gasteiger partial charge is 0.383 e. The zero-order valence-corrected chi connectivity index (χ0v) is 8.05. The first-order valence-electron chi connectivity index (χ1n) is 4.57. The summed E-state index contributed by atoms with van der Waals surface area (Å²) < 4.78 is 0. The molecule has 2 N–H and O–H groups in total. The van der Waals surface area contributed by atoms with E-state index in [4.69, 9.17) is 5.73 Å². The Bertz CT molecular complexity index is 532. The zero-order chi connectivity index (χ0) is 10.7. The molecule has 2 aromatic rings. The Morgan fingerprint density at radius 2 is 1.87 bits per heavy atom. The number of benzene rings is 2. The number of fused-ring (bicyclic) bond motifs is 1. The molecule has 74 valence electrons. The van der Waals surface area contributed by atoms with E-state index < -0.39 is 0 Å². The summed E-state index contributed by atoms with van der Waals surface area (Å²) in [5.41, 5.74) is 6.38. The van der Waals surface area contributed by atoms with Gasteiger partial charge in [-0.1, -0.05) is 36.4 Å². The first-order chi connectivity index (χ1) is 7.31. The summed E-state index contributed by atoms with van der Waals surface area (Å²) in [5.74, 6) is 0.246. The van der Waals surface area contributed by atoms with E-state index in [2.05, 4.69) is 4.99 Å². The molecule has 0 radical (unpaired) electrons. The number of carbonyl (C=O) groups is 1. The molecule has 1 amide bonds. The third-order valence-electron chi connectivity index (χ3n) is 2.24. The van der Waals surface area contributed by atoms with Gasteiger partial charge in [0.15, 0.2) is 0 Å². The maximum absolute atomic E-state index is 10.2. The number of carbonyl (C=O) groups excluding carboxylic acids is 1. The molecule has 0 aromatic heterocycles. The van der Waals surface area contributed by atoms with Crippen molar-refractivity contribution in [3.63, 3.8) is 0 Å². The van der Waals surface area contributed by atoms with Gasteiger partial charge in [0.2, 0.25) is 6.41 Å². The molecular formula is C12H10N2O. The lowest BCUT2D eigenvalue weighted by atomic mass is 10.1. The van der Waals surface area contributed by atoms with E-state index in [-0.39, 0.29) is 5.84 Å². The number of amides is 1. The average molecular weight is 198 g/mol. The van der Waals surface area contributed by atoms with Gasteiger partial charge >= 0.3 is 0 Å². The highest BCUT2D eigenvalue weighted by Crippen LogP contribution is 2.15. The van der Waals surface area contributed by atoms with Crippen molar-refractivity contribution in [3.05, 3.63) is 48.0 Å². The maximum atomic E-state index is 10.2. The van der Waals surface area contributed by atoms with Gasteiger partial charge in [-0.2, -0.15) is 4.99 Å². The van der Waals surface area contributed by atoms with Gasteiger partial charge in [-0.25, -0.2) is 0 Å². The summed E-state index contributed by atoms with van der Waals surface area (Å²) in [4.78, 5) is 13.7. The van der Waals surface area contributed by atoms with Crippen LogP contribution in [0.1, 0.15) is 5.56 Å². The average Bonchev–Trinajstić information content (AvgIpc) is 2.29. The Kier molecular flexibility index (Phi) is 2.46. The van der Waals surface area contributed by atoms with E-state index in [1.54, 1.807) is 0 Å². The Hall–Kier alpha value is -2.16. The number of nitrogens with zero attached hydrogens (tertiary/aromatic N) is 1. The van der Waals surface area contributed by atoms with Crippen LogP contribution in [0.4, 0.5) is 0 Å². The normalized spacial score (nSPS) is 11.6. The van der Waals surface area contributed by atoms with Crippen molar-refractivity contribution in [3.8, 4) is 0 Å². The van der Waals surface area contributed by atoms with Gasteiger partial charge in [0.05, 0.1) is 0 Å². The van der Waals surface area contributed by atoms with Crippen molar-refractivity contribution in [1.29, 1.82) is 0 Å². The quantitative estimate of drug-likeness (QED) is 0.453. The molecule has 0 saturated carbocycles. The summed E-state index contributed by atoms with van der Waals surface area (Å²) in [6.07, 6.45) is 0.449. The molecule has 3 heteroatoms. The van der Waals surface area contributed by atoms with Gasteiger partial charge in [-0.15, -0.1) is 0 Å². The fraction of sp³-hybridized carbons (Fsp3) is 0. The van der Waals surface area contributed by atoms with Crippen molar-refractivity contribution in [2.45, 2.75) is 0 Å². The van der Waals surface area contributed by atoms with Crippen LogP contribution in [0, 0.1) is 0 Å². The predicted molar refractivity (Wildman–Crippen MR) is 60.7 cm³/mol. The lowest BCUT2D eigenvalue weighted by Gasteiger charge is -2.01. The number of nitrogens with two attached hydrogens (primary N) is 1. The lowest BCUT2D eigenvalue weighted by Crippen LogP contribution is -2.13. The molecule has 0 bridgehead atoms. The van der Waals surface area contributed by atoms with Crippen molar-refractivity contribution < 1.29 is 4.79 Å². The van der Waals surface area contributed by atoms with Crippen LogP contribution in [0.25, 0.3) is 10.8 Å². The first kappa shape index (κ1) is 9.40. The molecule has 2 aromatic carbocycles. The molecule has 0 aliphatic heterocycles. The van der Waals surface area contributed by atoms with E-state index in [1.807, 2.05) is 42.5 Å². The van der Waals surface area contributed by atoms with Crippen LogP contribution >= 0.6 is 0 Å². The van der Waals surface area contributed by atoms with Gasteiger partial charge < -0.3 is 5.73 Å². The van der Waals surface area contributed by atoms with E-state index >= 15 is 0 Å². The van der Waals surface area contributed by atoms with Crippen LogP contribution in [-0.4, -0.2) is 12.2 Å². The summed E-state index contributed by atoms with van der Waals surface area (Å²) in [6.45, 7) is 0. The molecule has 0 heterocycles. The number of hydrogen-bond acceptors (Lipinski definition) is 1. The minimum atomic E-state index is 0.246. The first-order valence-corrected chi connectivity index (χ1v) is 4.57. The summed E-state index contributed by atoms with van der Waals surface area (Å²) in [7, 11) is 0. The molecule has 0 aliphatic rings. The maximum Gasteiger partial charge on any atom is 0.234 e. The molecule has 0 spiro atoms. The van der Waals surface area contributed by atoms with Gasteiger partial charge in [-0.05, 0) is 16.8 Å². The van der Waals surface area contributed by atoms with E-state index in [9.17, 15) is 4.79 Å². The molecule has 3 nitrogen and oxygen atoms in total. The topological polar surface area (TPSA) is 55.4 Å². The Balaban J connectivity index is 2.56.